The second-order valence-corrected chi connectivity index (χ2v) is 9.89. The average Bonchev–Trinajstić information content (AvgIpc) is 3.09. The topological polar surface area (TPSA) is 95.2 Å². The van der Waals surface area contributed by atoms with Crippen LogP contribution in [0.15, 0.2) is 58.4 Å². The van der Waals surface area contributed by atoms with Crippen molar-refractivity contribution in [3.05, 3.63) is 80.6 Å². The van der Waals surface area contributed by atoms with Gasteiger partial charge in [0.05, 0.1) is 10.5 Å². The molecule has 0 spiro atoms. The fraction of sp³-hybridized carbons (Fsp3) is 0.240. The highest BCUT2D eigenvalue weighted by Gasteiger charge is 2.32. The highest BCUT2D eigenvalue weighted by Crippen LogP contribution is 2.33. The molecule has 180 valence electrons. The number of carboxylic acids is 1. The van der Waals surface area contributed by atoms with Crippen LogP contribution < -0.4 is 10.5 Å². The number of carboxylic acid groups (broad SMARTS) is 1. The van der Waals surface area contributed by atoms with Crippen molar-refractivity contribution in [3.63, 3.8) is 0 Å². The van der Waals surface area contributed by atoms with Crippen molar-refractivity contribution in [1.82, 2.24) is 14.3 Å². The van der Waals surface area contributed by atoms with E-state index in [2.05, 4.69) is 0 Å². The highest BCUT2D eigenvalue weighted by atomic mass is 32.2. The minimum absolute atomic E-state index is 0.0557. The molecule has 35 heavy (non-hydrogen) atoms. The summed E-state index contributed by atoms with van der Waals surface area (Å²) < 4.78 is 1.82. The van der Waals surface area contributed by atoms with E-state index in [9.17, 15) is 14.4 Å². The minimum atomic E-state index is -0.928. The Bertz CT molecular complexity index is 1400. The predicted octanol–water partition coefficient (Wildman–Crippen LogP) is 3.71. The Hall–Kier alpha value is -3.50. The predicted molar refractivity (Wildman–Crippen MR) is 141 cm³/mol. The lowest BCUT2D eigenvalue weighted by atomic mass is 10.2. The third kappa shape index (κ3) is 5.28. The summed E-state index contributed by atoms with van der Waals surface area (Å²) in [6, 6.07) is 13.5. The molecule has 0 bridgehead atoms. The number of thioether (sulfide) groups is 1. The zero-order valence-corrected chi connectivity index (χ0v) is 20.9. The Labute approximate surface area is 211 Å². The highest BCUT2D eigenvalue weighted by molar-refractivity contribution is 8.26. The fourth-order valence-electron chi connectivity index (χ4n) is 3.86. The molecule has 1 aliphatic rings. The van der Waals surface area contributed by atoms with Crippen molar-refractivity contribution in [2.24, 2.45) is 0 Å². The van der Waals surface area contributed by atoms with Gasteiger partial charge >= 0.3 is 5.97 Å². The number of thiocarbonyl (C=S) groups is 1. The molecule has 1 aliphatic heterocycles. The first-order chi connectivity index (χ1) is 16.8. The first-order valence-electron chi connectivity index (χ1n) is 11.0. The van der Waals surface area contributed by atoms with Crippen LogP contribution in [0, 0.1) is 6.92 Å². The number of aromatic nitrogens is 2. The number of rotatable bonds is 8. The molecule has 1 fully saturated rings. The van der Waals surface area contributed by atoms with Crippen LogP contribution in [0.5, 0.6) is 0 Å². The van der Waals surface area contributed by atoms with E-state index in [1.165, 1.54) is 9.30 Å². The summed E-state index contributed by atoms with van der Waals surface area (Å²) >= 11 is 6.46. The maximum atomic E-state index is 13.6. The standard InChI is InChI=1S/C25H24N4O4S2/c1-16-8-6-12-28-21(16)26-22(27(2)15-17-9-4-3-5-10-17)18(23(28)32)14-19-24(33)29(25(34)35-19)13-7-11-20(30)31/h3-6,8-10,12,14H,7,11,13,15H2,1-2H3,(H,30,31). The van der Waals surface area contributed by atoms with Crippen molar-refractivity contribution >= 4 is 57.7 Å². The number of pyridine rings is 1. The largest absolute Gasteiger partial charge is 0.481 e. The van der Waals surface area contributed by atoms with Crippen molar-refractivity contribution in [2.45, 2.75) is 26.3 Å². The Morgan fingerprint density at radius 1 is 1.20 bits per heavy atom. The summed E-state index contributed by atoms with van der Waals surface area (Å²) in [6.07, 6.45) is 3.45. The lowest BCUT2D eigenvalue weighted by Gasteiger charge is -2.21. The lowest BCUT2D eigenvalue weighted by molar-refractivity contribution is -0.137. The Morgan fingerprint density at radius 3 is 2.66 bits per heavy atom. The number of benzene rings is 1. The summed E-state index contributed by atoms with van der Waals surface area (Å²) in [5, 5.41) is 8.89. The van der Waals surface area contributed by atoms with Crippen LogP contribution in [0.3, 0.4) is 0 Å². The van der Waals surface area contributed by atoms with Crippen LogP contribution >= 0.6 is 24.0 Å². The Morgan fingerprint density at radius 2 is 1.94 bits per heavy atom. The molecule has 1 saturated heterocycles. The minimum Gasteiger partial charge on any atom is -0.481 e. The number of carbonyl (C=O) groups is 2. The number of aryl methyl sites for hydroxylation is 1. The van der Waals surface area contributed by atoms with Gasteiger partial charge < -0.3 is 10.0 Å². The molecule has 0 aliphatic carbocycles. The van der Waals surface area contributed by atoms with E-state index >= 15 is 0 Å². The van der Waals surface area contributed by atoms with Gasteiger partial charge in [-0.2, -0.15) is 0 Å². The van der Waals surface area contributed by atoms with Gasteiger partial charge in [0.2, 0.25) is 0 Å². The molecule has 2 aromatic heterocycles. The van der Waals surface area contributed by atoms with E-state index in [1.807, 2.05) is 55.3 Å². The number of anilines is 1. The molecule has 0 radical (unpaired) electrons. The Balaban J connectivity index is 1.76. The zero-order chi connectivity index (χ0) is 25.1. The fourth-order valence-corrected chi connectivity index (χ4v) is 5.15. The van der Waals surface area contributed by atoms with Crippen LogP contribution in [-0.2, 0) is 16.1 Å². The van der Waals surface area contributed by atoms with Crippen LogP contribution in [-0.4, -0.2) is 49.2 Å². The van der Waals surface area contributed by atoms with E-state index in [4.69, 9.17) is 22.3 Å². The zero-order valence-electron chi connectivity index (χ0n) is 19.3. The first-order valence-corrected chi connectivity index (χ1v) is 12.2. The average molecular weight is 509 g/mol. The quantitative estimate of drug-likeness (QED) is 0.364. The molecule has 4 rings (SSSR count). The number of aliphatic carboxylic acids is 1. The summed E-state index contributed by atoms with van der Waals surface area (Å²) in [4.78, 5) is 45.9. The van der Waals surface area contributed by atoms with E-state index in [0.29, 0.717) is 33.7 Å². The molecular formula is C25H24N4O4S2. The maximum Gasteiger partial charge on any atom is 0.303 e. The molecule has 0 unspecified atom stereocenters. The number of hydrogen-bond acceptors (Lipinski definition) is 7. The third-order valence-electron chi connectivity index (χ3n) is 5.61. The third-order valence-corrected chi connectivity index (χ3v) is 6.99. The summed E-state index contributed by atoms with van der Waals surface area (Å²) in [5.74, 6) is -0.803. The molecule has 3 aromatic rings. The van der Waals surface area contributed by atoms with E-state index in [1.54, 1.807) is 18.3 Å². The van der Waals surface area contributed by atoms with Gasteiger partial charge in [0.25, 0.3) is 11.5 Å². The molecule has 1 amide bonds. The number of carbonyl (C=O) groups excluding carboxylic acids is 1. The van der Waals surface area contributed by atoms with Gasteiger partial charge in [0.1, 0.15) is 15.8 Å². The molecule has 0 saturated carbocycles. The van der Waals surface area contributed by atoms with Gasteiger partial charge in [-0.15, -0.1) is 0 Å². The molecule has 1 N–H and O–H groups in total. The van der Waals surface area contributed by atoms with E-state index in [0.717, 1.165) is 22.9 Å². The first kappa shape index (κ1) is 24.6. The molecule has 10 heteroatoms. The van der Waals surface area contributed by atoms with Crippen molar-refractivity contribution < 1.29 is 14.7 Å². The second kappa shape index (κ2) is 10.4. The number of nitrogens with zero attached hydrogens (tertiary/aromatic N) is 4. The molecular weight excluding hydrogens is 484 g/mol. The summed E-state index contributed by atoms with van der Waals surface area (Å²) in [7, 11) is 1.86. The van der Waals surface area contributed by atoms with E-state index < -0.39 is 5.97 Å². The van der Waals surface area contributed by atoms with Crippen molar-refractivity contribution in [3.8, 4) is 0 Å². The van der Waals surface area contributed by atoms with Gasteiger partial charge in [-0.25, -0.2) is 4.98 Å². The van der Waals surface area contributed by atoms with Gasteiger partial charge in [-0.05, 0) is 36.6 Å². The molecule has 1 aromatic carbocycles. The van der Waals surface area contributed by atoms with Crippen LogP contribution in [0.25, 0.3) is 11.7 Å². The van der Waals surface area contributed by atoms with E-state index in [-0.39, 0.29) is 30.0 Å². The van der Waals surface area contributed by atoms with Crippen LogP contribution in [0.1, 0.15) is 29.5 Å². The molecule has 8 nitrogen and oxygen atoms in total. The second-order valence-electron chi connectivity index (χ2n) is 8.21. The van der Waals surface area contributed by atoms with Crippen molar-refractivity contribution in [1.29, 1.82) is 0 Å². The maximum absolute atomic E-state index is 13.6. The number of hydrogen-bond donors (Lipinski definition) is 1. The molecule has 3 heterocycles. The van der Waals surface area contributed by atoms with Crippen LogP contribution in [0.2, 0.25) is 0 Å². The van der Waals surface area contributed by atoms with Gasteiger partial charge in [0.15, 0.2) is 0 Å². The van der Waals surface area contributed by atoms with Gasteiger partial charge in [-0.1, -0.05) is 60.4 Å². The van der Waals surface area contributed by atoms with Gasteiger partial charge in [-0.3, -0.25) is 23.7 Å². The van der Waals surface area contributed by atoms with Gasteiger partial charge in [0, 0.05) is 32.8 Å². The SMILES string of the molecule is Cc1cccn2c(=O)c(C=C3SC(=S)N(CCCC(=O)O)C3=O)c(N(C)Cc3ccccc3)nc12. The Kier molecular flexibility index (Phi) is 7.32. The normalized spacial score (nSPS) is 14.8. The number of amides is 1. The number of fused-ring (bicyclic) bond motifs is 1. The van der Waals surface area contributed by atoms with Crippen molar-refractivity contribution in [2.75, 3.05) is 18.5 Å². The summed E-state index contributed by atoms with van der Waals surface area (Å²) in [5.41, 5.74) is 2.46. The monoisotopic (exact) mass is 508 g/mol. The van der Waals surface area contributed by atoms with Crippen LogP contribution in [0.4, 0.5) is 5.82 Å². The molecule has 0 atom stereocenters. The summed E-state index contributed by atoms with van der Waals surface area (Å²) in [6.45, 7) is 2.63. The smallest absolute Gasteiger partial charge is 0.303 e. The lowest BCUT2D eigenvalue weighted by Crippen LogP contribution is -2.29.